The van der Waals surface area contributed by atoms with Crippen LogP contribution in [0.4, 0.5) is 0 Å². The Kier molecular flexibility index (Phi) is 7.60. The molecule has 0 unspecified atom stereocenters. The van der Waals surface area contributed by atoms with Crippen LogP contribution in [0.15, 0.2) is 0 Å². The van der Waals surface area contributed by atoms with Crippen LogP contribution in [-0.2, 0) is 9.53 Å². The van der Waals surface area contributed by atoms with Crippen LogP contribution in [0.3, 0.4) is 0 Å². The highest BCUT2D eigenvalue weighted by Crippen LogP contribution is 2.33. The first-order valence-corrected chi connectivity index (χ1v) is 9.47. The van der Waals surface area contributed by atoms with Crippen molar-refractivity contribution in [1.29, 1.82) is 0 Å². The van der Waals surface area contributed by atoms with E-state index < -0.39 is 0 Å². The average Bonchev–Trinajstić information content (AvgIpc) is 2.53. The van der Waals surface area contributed by atoms with Crippen molar-refractivity contribution in [3.63, 3.8) is 0 Å². The molecule has 21 heavy (non-hydrogen) atoms. The van der Waals surface area contributed by atoms with E-state index in [9.17, 15) is 4.79 Å². The summed E-state index contributed by atoms with van der Waals surface area (Å²) in [6, 6.07) is 0. The third kappa shape index (κ3) is 6.40. The Bertz CT molecular complexity index is 286. The minimum Gasteiger partial charge on any atom is -0.462 e. The summed E-state index contributed by atoms with van der Waals surface area (Å²) in [5.41, 5.74) is 0. The SMILES string of the molecule is CCC1CCC(CCCCC(=O)OC2CCCCC2)CC1. The second-order valence-corrected chi connectivity index (χ2v) is 7.29. The maximum Gasteiger partial charge on any atom is 0.306 e. The van der Waals surface area contributed by atoms with E-state index in [1.807, 2.05) is 0 Å². The molecular formula is C19H34O2. The van der Waals surface area contributed by atoms with Gasteiger partial charge in [-0.2, -0.15) is 0 Å². The van der Waals surface area contributed by atoms with E-state index in [4.69, 9.17) is 4.74 Å². The Morgan fingerprint density at radius 1 is 0.905 bits per heavy atom. The zero-order valence-electron chi connectivity index (χ0n) is 13.9. The topological polar surface area (TPSA) is 26.3 Å². The van der Waals surface area contributed by atoms with Gasteiger partial charge >= 0.3 is 5.97 Å². The maximum atomic E-state index is 11.8. The summed E-state index contributed by atoms with van der Waals surface area (Å²) in [5, 5.41) is 0. The largest absolute Gasteiger partial charge is 0.462 e. The Labute approximate surface area is 131 Å². The van der Waals surface area contributed by atoms with Crippen molar-refractivity contribution in [1.82, 2.24) is 0 Å². The lowest BCUT2D eigenvalue weighted by atomic mass is 9.79. The molecule has 2 fully saturated rings. The molecular weight excluding hydrogens is 260 g/mol. The Morgan fingerprint density at radius 2 is 1.57 bits per heavy atom. The Morgan fingerprint density at radius 3 is 2.24 bits per heavy atom. The highest BCUT2D eigenvalue weighted by molar-refractivity contribution is 5.69. The molecule has 2 rings (SSSR count). The van der Waals surface area contributed by atoms with E-state index in [-0.39, 0.29) is 12.1 Å². The van der Waals surface area contributed by atoms with Crippen LogP contribution in [-0.4, -0.2) is 12.1 Å². The van der Waals surface area contributed by atoms with E-state index in [0.29, 0.717) is 6.42 Å². The molecule has 0 N–H and O–H groups in total. The molecule has 0 atom stereocenters. The fourth-order valence-electron chi connectivity index (χ4n) is 4.06. The summed E-state index contributed by atoms with van der Waals surface area (Å²) in [6.07, 6.45) is 17.5. The number of rotatable bonds is 7. The van der Waals surface area contributed by atoms with E-state index in [1.165, 1.54) is 64.2 Å². The summed E-state index contributed by atoms with van der Waals surface area (Å²) >= 11 is 0. The molecule has 0 aromatic heterocycles. The van der Waals surface area contributed by atoms with Crippen molar-refractivity contribution < 1.29 is 9.53 Å². The highest BCUT2D eigenvalue weighted by Gasteiger charge is 2.20. The van der Waals surface area contributed by atoms with Gasteiger partial charge in [-0.25, -0.2) is 0 Å². The summed E-state index contributed by atoms with van der Waals surface area (Å²) in [4.78, 5) is 11.8. The molecule has 0 saturated heterocycles. The molecule has 2 aliphatic rings. The zero-order chi connectivity index (χ0) is 14.9. The number of carbonyl (C=O) groups excluding carboxylic acids is 1. The molecule has 0 aliphatic heterocycles. The first kappa shape index (κ1) is 16.8. The third-order valence-corrected chi connectivity index (χ3v) is 5.64. The highest BCUT2D eigenvalue weighted by atomic mass is 16.5. The van der Waals surface area contributed by atoms with Gasteiger partial charge in [-0.15, -0.1) is 0 Å². The van der Waals surface area contributed by atoms with Crippen LogP contribution in [0.1, 0.15) is 96.8 Å². The molecule has 0 aromatic rings. The number of hydrogen-bond donors (Lipinski definition) is 0. The van der Waals surface area contributed by atoms with E-state index in [0.717, 1.165) is 31.1 Å². The van der Waals surface area contributed by atoms with Gasteiger partial charge in [0.25, 0.3) is 0 Å². The number of carbonyl (C=O) groups is 1. The molecule has 0 spiro atoms. The lowest BCUT2D eigenvalue weighted by Gasteiger charge is -2.27. The fourth-order valence-corrected chi connectivity index (χ4v) is 4.06. The average molecular weight is 294 g/mol. The van der Waals surface area contributed by atoms with Crippen LogP contribution in [0.5, 0.6) is 0 Å². The van der Waals surface area contributed by atoms with E-state index >= 15 is 0 Å². The van der Waals surface area contributed by atoms with Crippen molar-refractivity contribution in [2.75, 3.05) is 0 Å². The van der Waals surface area contributed by atoms with Crippen LogP contribution in [0, 0.1) is 11.8 Å². The summed E-state index contributed by atoms with van der Waals surface area (Å²) in [7, 11) is 0. The van der Waals surface area contributed by atoms with Crippen LogP contribution in [0.2, 0.25) is 0 Å². The van der Waals surface area contributed by atoms with Crippen molar-refractivity contribution in [3.05, 3.63) is 0 Å². The predicted molar refractivity (Wildman–Crippen MR) is 87.2 cm³/mol. The molecule has 0 aromatic carbocycles. The second-order valence-electron chi connectivity index (χ2n) is 7.29. The standard InChI is InChI=1S/C19H34O2/c1-2-16-12-14-17(15-13-16)8-6-7-11-19(20)21-18-9-4-3-5-10-18/h16-18H,2-15H2,1H3. The second kappa shape index (κ2) is 9.48. The van der Waals surface area contributed by atoms with Gasteiger partial charge in [-0.1, -0.05) is 58.3 Å². The normalized spacial score (nSPS) is 27.5. The van der Waals surface area contributed by atoms with Crippen LogP contribution < -0.4 is 0 Å². The van der Waals surface area contributed by atoms with E-state index in [2.05, 4.69) is 6.92 Å². The number of hydrogen-bond acceptors (Lipinski definition) is 2. The lowest BCUT2D eigenvalue weighted by molar-refractivity contribution is -0.150. The van der Waals surface area contributed by atoms with E-state index in [1.54, 1.807) is 0 Å². The quantitative estimate of drug-likeness (QED) is 0.448. The Hall–Kier alpha value is -0.530. The zero-order valence-corrected chi connectivity index (χ0v) is 13.9. The summed E-state index contributed by atoms with van der Waals surface area (Å²) in [6.45, 7) is 2.32. The summed E-state index contributed by atoms with van der Waals surface area (Å²) < 4.78 is 5.57. The summed E-state index contributed by atoms with van der Waals surface area (Å²) in [5.74, 6) is 1.98. The number of unbranched alkanes of at least 4 members (excludes halogenated alkanes) is 1. The predicted octanol–water partition coefficient (Wildman–Crippen LogP) is 5.64. The van der Waals surface area contributed by atoms with Gasteiger partial charge in [0.1, 0.15) is 6.10 Å². The minimum absolute atomic E-state index is 0.0524. The van der Waals surface area contributed by atoms with Gasteiger partial charge < -0.3 is 4.74 Å². The molecule has 2 heteroatoms. The van der Waals surface area contributed by atoms with Crippen molar-refractivity contribution in [2.24, 2.45) is 11.8 Å². The van der Waals surface area contributed by atoms with Gasteiger partial charge in [-0.05, 0) is 43.9 Å². The monoisotopic (exact) mass is 294 g/mol. The molecule has 0 bridgehead atoms. The van der Waals surface area contributed by atoms with Gasteiger partial charge in [0, 0.05) is 6.42 Å². The minimum atomic E-state index is 0.0524. The fraction of sp³-hybridized carbons (Fsp3) is 0.947. The third-order valence-electron chi connectivity index (χ3n) is 5.64. The smallest absolute Gasteiger partial charge is 0.306 e. The van der Waals surface area contributed by atoms with Gasteiger partial charge in [-0.3, -0.25) is 4.79 Å². The number of ether oxygens (including phenoxy) is 1. The van der Waals surface area contributed by atoms with Gasteiger partial charge in [0.15, 0.2) is 0 Å². The molecule has 122 valence electrons. The molecule has 0 heterocycles. The Balaban J connectivity index is 1.48. The lowest BCUT2D eigenvalue weighted by Crippen LogP contribution is -2.20. The van der Waals surface area contributed by atoms with Gasteiger partial charge in [0.05, 0.1) is 0 Å². The van der Waals surface area contributed by atoms with Crippen molar-refractivity contribution in [3.8, 4) is 0 Å². The van der Waals surface area contributed by atoms with Crippen molar-refractivity contribution in [2.45, 2.75) is 103 Å². The first-order chi connectivity index (χ1) is 10.3. The molecule has 0 amide bonds. The molecule has 0 radical (unpaired) electrons. The molecule has 2 aliphatic carbocycles. The molecule has 2 nitrogen and oxygen atoms in total. The van der Waals surface area contributed by atoms with Crippen LogP contribution >= 0.6 is 0 Å². The van der Waals surface area contributed by atoms with Crippen LogP contribution in [0.25, 0.3) is 0 Å². The first-order valence-electron chi connectivity index (χ1n) is 9.47. The van der Waals surface area contributed by atoms with Crippen molar-refractivity contribution >= 4 is 5.97 Å². The number of esters is 1. The van der Waals surface area contributed by atoms with Gasteiger partial charge in [0.2, 0.25) is 0 Å². The maximum absolute atomic E-state index is 11.8. The molecule has 2 saturated carbocycles.